The van der Waals surface area contributed by atoms with Gasteiger partial charge in [-0.2, -0.15) is 13.2 Å². The van der Waals surface area contributed by atoms with E-state index in [1.54, 1.807) is 0 Å². The highest BCUT2D eigenvalue weighted by Gasteiger charge is 2.30. The van der Waals surface area contributed by atoms with Gasteiger partial charge in [0, 0.05) is 5.56 Å². The van der Waals surface area contributed by atoms with E-state index in [9.17, 15) is 18.0 Å². The summed E-state index contributed by atoms with van der Waals surface area (Å²) >= 11 is 0. The molecule has 72 valence electrons. The Kier molecular flexibility index (Phi) is 2.69. The number of benzene rings is 1. The van der Waals surface area contributed by atoms with E-state index in [0.717, 1.165) is 18.2 Å². The van der Waals surface area contributed by atoms with Crippen LogP contribution in [0, 0.1) is 0 Å². The lowest BCUT2D eigenvalue weighted by Gasteiger charge is -2.09. The van der Waals surface area contributed by atoms with Crippen LogP contribution in [0.4, 0.5) is 13.2 Å². The Labute approximate surface area is 80.3 Å². The second kappa shape index (κ2) is 3.48. The predicted octanol–water partition coefficient (Wildman–Crippen LogP) is 1.70. The number of alkyl halides is 3. The van der Waals surface area contributed by atoms with Crippen molar-refractivity contribution in [3.05, 3.63) is 29.3 Å². The van der Waals surface area contributed by atoms with E-state index in [1.807, 2.05) is 0 Å². The van der Waals surface area contributed by atoms with Crippen molar-refractivity contribution >= 4 is 19.1 Å². The molecule has 0 unspecified atom stereocenters. The first-order valence-corrected chi connectivity index (χ1v) is 3.80. The van der Waals surface area contributed by atoms with Crippen molar-refractivity contribution in [1.82, 2.24) is 0 Å². The van der Waals surface area contributed by atoms with E-state index in [-0.39, 0.29) is 11.0 Å². The first kappa shape index (κ1) is 10.8. The van der Waals surface area contributed by atoms with Crippen LogP contribution in [-0.2, 0) is 6.18 Å². The third-order valence-corrected chi connectivity index (χ3v) is 1.76. The van der Waals surface area contributed by atoms with Gasteiger partial charge in [0.1, 0.15) is 7.85 Å². The topological polar surface area (TPSA) is 17.1 Å². The molecule has 0 aliphatic heterocycles. The molecule has 1 rings (SSSR count). The zero-order valence-electron chi connectivity index (χ0n) is 7.35. The third kappa shape index (κ3) is 2.16. The molecule has 0 heterocycles. The van der Waals surface area contributed by atoms with Gasteiger partial charge in [0.05, 0.1) is 5.56 Å². The molecule has 0 bridgehead atoms. The van der Waals surface area contributed by atoms with Gasteiger partial charge in [0.2, 0.25) is 0 Å². The Morgan fingerprint density at radius 1 is 1.36 bits per heavy atom. The van der Waals surface area contributed by atoms with Gasteiger partial charge < -0.3 is 0 Å². The predicted molar refractivity (Wildman–Crippen MR) is 46.8 cm³/mol. The smallest absolute Gasteiger partial charge is 0.295 e. The summed E-state index contributed by atoms with van der Waals surface area (Å²) < 4.78 is 36.6. The number of Topliss-reactive ketones (excluding diaryl/α,β-unsaturated/α-hetero) is 1. The van der Waals surface area contributed by atoms with Crippen molar-refractivity contribution in [2.24, 2.45) is 0 Å². The van der Waals surface area contributed by atoms with Gasteiger partial charge in [-0.1, -0.05) is 17.6 Å². The lowest BCUT2D eigenvalue weighted by molar-refractivity contribution is -0.137. The number of carbonyl (C=O) groups is 1. The van der Waals surface area contributed by atoms with Crippen LogP contribution in [0.5, 0.6) is 0 Å². The van der Waals surface area contributed by atoms with Crippen LogP contribution in [0.25, 0.3) is 0 Å². The molecular weight excluding hydrogens is 192 g/mol. The van der Waals surface area contributed by atoms with Gasteiger partial charge in [-0.05, 0) is 13.0 Å². The summed E-state index contributed by atoms with van der Waals surface area (Å²) in [4.78, 5) is 10.9. The van der Waals surface area contributed by atoms with Crippen molar-refractivity contribution in [1.29, 1.82) is 0 Å². The summed E-state index contributed by atoms with van der Waals surface area (Å²) in [7, 11) is 5.35. The van der Waals surface area contributed by atoms with Crippen LogP contribution in [-0.4, -0.2) is 13.6 Å². The first-order valence-electron chi connectivity index (χ1n) is 3.80. The van der Waals surface area contributed by atoms with Gasteiger partial charge in [0.25, 0.3) is 0 Å². The second-order valence-corrected chi connectivity index (χ2v) is 2.86. The standard InChI is InChI=1S/C9H6BF3O/c1-5(14)7-4-6(9(11,12)13)2-3-8(7)10/h2-4H,1H3. The molecule has 0 amide bonds. The summed E-state index contributed by atoms with van der Waals surface area (Å²) in [6.45, 7) is 1.17. The minimum Gasteiger partial charge on any atom is -0.295 e. The molecule has 0 aliphatic carbocycles. The Morgan fingerprint density at radius 3 is 2.36 bits per heavy atom. The minimum atomic E-state index is -4.45. The van der Waals surface area contributed by atoms with Gasteiger partial charge in [-0.15, -0.1) is 0 Å². The fourth-order valence-electron chi connectivity index (χ4n) is 1.04. The number of halogens is 3. The highest BCUT2D eigenvalue weighted by Crippen LogP contribution is 2.29. The maximum atomic E-state index is 12.2. The van der Waals surface area contributed by atoms with Crippen molar-refractivity contribution < 1.29 is 18.0 Å². The zero-order chi connectivity index (χ0) is 10.9. The largest absolute Gasteiger partial charge is 0.416 e. The maximum absolute atomic E-state index is 12.2. The summed E-state index contributed by atoms with van der Waals surface area (Å²) in [5.74, 6) is -0.478. The average Bonchev–Trinajstić information content (AvgIpc) is 2.02. The molecule has 0 fully saturated rings. The Balaban J connectivity index is 3.27. The van der Waals surface area contributed by atoms with Crippen molar-refractivity contribution in [3.63, 3.8) is 0 Å². The van der Waals surface area contributed by atoms with Crippen LogP contribution in [0.2, 0.25) is 0 Å². The number of carbonyl (C=O) groups excluding carboxylic acids is 1. The van der Waals surface area contributed by atoms with Gasteiger partial charge in [-0.25, -0.2) is 0 Å². The third-order valence-electron chi connectivity index (χ3n) is 1.76. The number of ketones is 1. The quantitative estimate of drug-likeness (QED) is 0.495. The van der Waals surface area contributed by atoms with Crippen LogP contribution in [0.15, 0.2) is 18.2 Å². The molecule has 0 aliphatic rings. The molecule has 14 heavy (non-hydrogen) atoms. The Morgan fingerprint density at radius 2 is 1.93 bits per heavy atom. The van der Waals surface area contributed by atoms with E-state index < -0.39 is 17.5 Å². The van der Waals surface area contributed by atoms with E-state index in [2.05, 4.69) is 0 Å². The average molecular weight is 198 g/mol. The number of hydrogen-bond acceptors (Lipinski definition) is 1. The Bertz CT molecular complexity index is 371. The van der Waals surface area contributed by atoms with Crippen LogP contribution in [0.3, 0.4) is 0 Å². The number of rotatable bonds is 1. The van der Waals surface area contributed by atoms with Gasteiger partial charge in [-0.3, -0.25) is 4.79 Å². The highest BCUT2D eigenvalue weighted by molar-refractivity contribution is 6.36. The molecule has 0 atom stereocenters. The van der Waals surface area contributed by atoms with Crippen LogP contribution < -0.4 is 5.46 Å². The highest BCUT2D eigenvalue weighted by atomic mass is 19.4. The fraction of sp³-hybridized carbons (Fsp3) is 0.222. The molecule has 0 saturated carbocycles. The molecule has 1 aromatic rings. The van der Waals surface area contributed by atoms with Crippen molar-refractivity contribution in [2.75, 3.05) is 0 Å². The van der Waals surface area contributed by atoms with E-state index in [0.29, 0.717) is 0 Å². The molecule has 0 aromatic heterocycles. The lowest BCUT2D eigenvalue weighted by atomic mass is 9.87. The normalized spacial score (nSPS) is 11.4. The van der Waals surface area contributed by atoms with Gasteiger partial charge in [0.15, 0.2) is 5.78 Å². The summed E-state index contributed by atoms with van der Waals surface area (Å²) in [6.07, 6.45) is -4.45. The van der Waals surface area contributed by atoms with Crippen molar-refractivity contribution in [3.8, 4) is 0 Å². The first-order chi connectivity index (χ1) is 6.32. The fourth-order valence-corrected chi connectivity index (χ4v) is 1.04. The van der Waals surface area contributed by atoms with Crippen LogP contribution >= 0.6 is 0 Å². The van der Waals surface area contributed by atoms with E-state index in [4.69, 9.17) is 7.85 Å². The van der Waals surface area contributed by atoms with E-state index >= 15 is 0 Å². The molecule has 1 aromatic carbocycles. The zero-order valence-corrected chi connectivity index (χ0v) is 7.35. The molecule has 0 spiro atoms. The molecular formula is C9H6BF3O. The molecule has 5 heteroatoms. The SMILES string of the molecule is [B]c1ccc(C(F)(F)F)cc1C(C)=O. The van der Waals surface area contributed by atoms with Crippen molar-refractivity contribution in [2.45, 2.75) is 13.1 Å². The van der Waals surface area contributed by atoms with Crippen LogP contribution in [0.1, 0.15) is 22.8 Å². The summed E-state index contributed by atoms with van der Waals surface area (Å²) in [6, 6.07) is 2.69. The number of hydrogen-bond donors (Lipinski definition) is 0. The van der Waals surface area contributed by atoms with Gasteiger partial charge >= 0.3 is 6.18 Å². The maximum Gasteiger partial charge on any atom is 0.416 e. The molecule has 2 radical (unpaired) electrons. The molecule has 0 N–H and O–H groups in total. The summed E-state index contributed by atoms with van der Waals surface area (Å²) in [5, 5.41) is 0. The lowest BCUT2D eigenvalue weighted by Crippen LogP contribution is -2.17. The molecule has 0 saturated heterocycles. The molecule has 1 nitrogen and oxygen atoms in total. The van der Waals surface area contributed by atoms with E-state index in [1.165, 1.54) is 6.92 Å². The minimum absolute atomic E-state index is 0.0606. The monoisotopic (exact) mass is 198 g/mol. The second-order valence-electron chi connectivity index (χ2n) is 2.86. The Hall–Kier alpha value is -1.26. The summed E-state index contributed by atoms with van der Waals surface area (Å²) in [5.41, 5.74) is -0.901.